The van der Waals surface area contributed by atoms with Gasteiger partial charge in [-0.1, -0.05) is 6.58 Å². The Morgan fingerprint density at radius 1 is 1.26 bits per heavy atom. The van der Waals surface area contributed by atoms with Crippen LogP contribution >= 0.6 is 0 Å². The molecular formula is C25H24F3N5O5. The van der Waals surface area contributed by atoms with Crippen LogP contribution in [0.2, 0.25) is 0 Å². The van der Waals surface area contributed by atoms with Crippen LogP contribution in [0.25, 0.3) is 16.6 Å². The number of aryl methyl sites for hydroxylation is 1. The number of allylic oxidation sites excluding steroid dienone is 1. The molecule has 3 aromatic heterocycles. The number of aliphatic hydroxyl groups is 3. The van der Waals surface area contributed by atoms with Gasteiger partial charge in [-0.25, -0.2) is 19.5 Å². The third-order valence-electron chi connectivity index (χ3n) is 6.34. The molecule has 0 aromatic carbocycles. The summed E-state index contributed by atoms with van der Waals surface area (Å²) in [6, 6.07) is 5.98. The fraction of sp³-hybridized carbons (Fsp3) is 0.400. The van der Waals surface area contributed by atoms with Gasteiger partial charge in [0.15, 0.2) is 5.65 Å². The fourth-order valence-corrected chi connectivity index (χ4v) is 4.33. The maximum absolute atomic E-state index is 12.9. The summed E-state index contributed by atoms with van der Waals surface area (Å²) >= 11 is 0. The first-order valence-corrected chi connectivity index (χ1v) is 11.6. The molecule has 0 bridgehead atoms. The van der Waals surface area contributed by atoms with Gasteiger partial charge >= 0.3 is 12.3 Å². The highest BCUT2D eigenvalue weighted by atomic mass is 19.4. The Balaban J connectivity index is 1.73. The molecule has 4 rings (SSSR count). The topological polar surface area (TPSA) is 154 Å². The normalized spacial score (nSPS) is 18.4. The molecule has 13 heteroatoms. The van der Waals surface area contributed by atoms with E-state index in [0.717, 1.165) is 12.3 Å². The molecule has 200 valence electrons. The molecule has 1 fully saturated rings. The van der Waals surface area contributed by atoms with E-state index in [1.807, 2.05) is 6.07 Å². The molecule has 1 saturated heterocycles. The highest BCUT2D eigenvalue weighted by Crippen LogP contribution is 2.38. The molecule has 0 amide bonds. The van der Waals surface area contributed by atoms with E-state index in [2.05, 4.69) is 21.5 Å². The van der Waals surface area contributed by atoms with E-state index in [1.54, 1.807) is 6.92 Å². The average molecular weight is 531 g/mol. The van der Waals surface area contributed by atoms with Crippen molar-refractivity contribution >= 4 is 16.6 Å². The first-order valence-electron chi connectivity index (χ1n) is 11.6. The molecule has 3 N–H and O–H groups in total. The van der Waals surface area contributed by atoms with Crippen LogP contribution in [0.3, 0.4) is 0 Å². The lowest BCUT2D eigenvalue weighted by molar-refractivity contribution is -0.377. The predicted molar refractivity (Wildman–Crippen MR) is 127 cm³/mol. The smallest absolute Gasteiger partial charge is 0.373 e. The zero-order valence-corrected chi connectivity index (χ0v) is 20.2. The van der Waals surface area contributed by atoms with Crippen molar-refractivity contribution in [1.29, 1.82) is 5.26 Å². The summed E-state index contributed by atoms with van der Waals surface area (Å²) in [4.78, 5) is 25.4. The Morgan fingerprint density at radius 2 is 2.00 bits per heavy atom. The third kappa shape index (κ3) is 5.89. The Hall–Kier alpha value is -3.70. The van der Waals surface area contributed by atoms with Gasteiger partial charge in [-0.15, -0.1) is 0 Å². The van der Waals surface area contributed by atoms with Crippen molar-refractivity contribution < 1.29 is 33.2 Å². The Bertz CT molecular complexity index is 1490. The molecule has 4 heterocycles. The number of halogens is 3. The van der Waals surface area contributed by atoms with Crippen LogP contribution in [0, 0.1) is 18.3 Å². The standard InChI is InChI=1S/C25H24F3N5O5/c1-13(5-7-24(26,27)28)21-18-9-17(11-29)14(2)30-23(18)32-22(31-21)15-6-8-38-19(10-15)16-3-4-20(34)33(12-16)25(35,36)37/h3-4,9,12,15,19,35-37H,1,5-8,10H2,2H3. The lowest BCUT2D eigenvalue weighted by Crippen LogP contribution is -2.40. The van der Waals surface area contributed by atoms with Crippen LogP contribution in [0.1, 0.15) is 66.0 Å². The van der Waals surface area contributed by atoms with Crippen molar-refractivity contribution in [3.05, 3.63) is 69.7 Å². The molecule has 2 atom stereocenters. The van der Waals surface area contributed by atoms with Gasteiger partial charge in [0.25, 0.3) is 5.56 Å². The van der Waals surface area contributed by atoms with Crippen molar-refractivity contribution in [3.8, 4) is 6.07 Å². The zero-order valence-electron chi connectivity index (χ0n) is 20.2. The van der Waals surface area contributed by atoms with Crippen LogP contribution in [-0.2, 0) is 10.8 Å². The van der Waals surface area contributed by atoms with Gasteiger partial charge in [0.1, 0.15) is 11.9 Å². The van der Waals surface area contributed by atoms with Gasteiger partial charge in [0, 0.05) is 36.6 Å². The lowest BCUT2D eigenvalue weighted by Gasteiger charge is -2.30. The average Bonchev–Trinajstić information content (AvgIpc) is 2.85. The number of nitriles is 1. The van der Waals surface area contributed by atoms with Gasteiger partial charge in [-0.2, -0.15) is 18.4 Å². The predicted octanol–water partition coefficient (Wildman–Crippen LogP) is 2.90. The van der Waals surface area contributed by atoms with Gasteiger partial charge < -0.3 is 20.1 Å². The number of rotatable bonds is 6. The van der Waals surface area contributed by atoms with Crippen molar-refractivity contribution in [2.45, 2.75) is 56.9 Å². The maximum atomic E-state index is 12.9. The highest BCUT2D eigenvalue weighted by Gasteiger charge is 2.31. The summed E-state index contributed by atoms with van der Waals surface area (Å²) in [6.45, 7) is 5.68. The molecule has 0 spiro atoms. The molecule has 0 radical (unpaired) electrons. The van der Waals surface area contributed by atoms with E-state index < -0.39 is 36.8 Å². The number of alkyl halides is 3. The number of hydrogen-bond acceptors (Lipinski definition) is 9. The van der Waals surface area contributed by atoms with E-state index in [-0.39, 0.29) is 41.4 Å². The molecule has 1 aliphatic rings. The second-order valence-corrected chi connectivity index (χ2v) is 9.10. The molecule has 0 saturated carbocycles. The minimum atomic E-state index is -4.39. The molecule has 38 heavy (non-hydrogen) atoms. The maximum Gasteiger partial charge on any atom is 0.389 e. The summed E-state index contributed by atoms with van der Waals surface area (Å²) in [6.07, 6.45) is -8.11. The highest BCUT2D eigenvalue weighted by molar-refractivity contribution is 5.88. The largest absolute Gasteiger partial charge is 0.389 e. The van der Waals surface area contributed by atoms with Gasteiger partial charge in [0.2, 0.25) is 0 Å². The quantitative estimate of drug-likeness (QED) is 0.407. The number of aromatic nitrogens is 4. The van der Waals surface area contributed by atoms with Gasteiger partial charge in [-0.3, -0.25) is 4.79 Å². The fourth-order valence-electron chi connectivity index (χ4n) is 4.33. The second kappa shape index (κ2) is 10.2. The Morgan fingerprint density at radius 3 is 2.66 bits per heavy atom. The van der Waals surface area contributed by atoms with Crippen molar-refractivity contribution in [3.63, 3.8) is 0 Å². The first-order chi connectivity index (χ1) is 17.8. The van der Waals surface area contributed by atoms with Gasteiger partial charge in [0.05, 0.1) is 23.1 Å². The van der Waals surface area contributed by atoms with E-state index in [9.17, 15) is 38.5 Å². The third-order valence-corrected chi connectivity index (χ3v) is 6.34. The molecule has 10 nitrogen and oxygen atoms in total. The second-order valence-electron chi connectivity index (χ2n) is 9.10. The number of fused-ring (bicyclic) bond motifs is 1. The van der Waals surface area contributed by atoms with Crippen molar-refractivity contribution in [2.75, 3.05) is 6.61 Å². The molecule has 1 aliphatic heterocycles. The van der Waals surface area contributed by atoms with E-state index >= 15 is 0 Å². The molecule has 3 aromatic rings. The van der Waals surface area contributed by atoms with Gasteiger partial charge in [-0.05, 0) is 49.5 Å². The lowest BCUT2D eigenvalue weighted by atomic mass is 9.91. The van der Waals surface area contributed by atoms with E-state index in [1.165, 1.54) is 12.1 Å². The Labute approximate surface area is 214 Å². The van der Waals surface area contributed by atoms with E-state index in [4.69, 9.17) is 4.74 Å². The van der Waals surface area contributed by atoms with Crippen molar-refractivity contribution in [2.24, 2.45) is 0 Å². The number of hydrogen-bond donors (Lipinski definition) is 3. The van der Waals surface area contributed by atoms with Crippen molar-refractivity contribution in [1.82, 2.24) is 19.5 Å². The molecule has 2 unspecified atom stereocenters. The summed E-state index contributed by atoms with van der Waals surface area (Å²) in [5, 5.41) is 38.1. The number of pyridine rings is 2. The minimum absolute atomic E-state index is 0.131. The van der Waals surface area contributed by atoms with Crippen LogP contribution in [-0.4, -0.2) is 47.6 Å². The number of nitrogens with zero attached hydrogens (tertiary/aromatic N) is 5. The van der Waals surface area contributed by atoms with Crippen LogP contribution in [0.4, 0.5) is 13.2 Å². The summed E-state index contributed by atoms with van der Waals surface area (Å²) in [5.74, 6) is -0.0349. The minimum Gasteiger partial charge on any atom is -0.373 e. The Kier molecular flexibility index (Phi) is 7.35. The summed E-state index contributed by atoms with van der Waals surface area (Å²) in [7, 11) is 0. The number of ether oxygens (including phenoxy) is 1. The zero-order chi connectivity index (χ0) is 27.8. The molecular weight excluding hydrogens is 507 g/mol. The summed E-state index contributed by atoms with van der Waals surface area (Å²) in [5.41, 5.74) is 0.700. The summed E-state index contributed by atoms with van der Waals surface area (Å²) < 4.78 is 44.9. The SMILES string of the molecule is C=C(CCC(F)(F)F)c1nc(C2CCOC(c3ccc(=O)n(C(O)(O)O)c3)C2)nc2nc(C)c(C#N)cc12. The molecule has 0 aliphatic carbocycles. The van der Waals surface area contributed by atoms with Crippen LogP contribution in [0.15, 0.2) is 35.8 Å². The van der Waals surface area contributed by atoms with Crippen LogP contribution in [0.5, 0.6) is 0 Å². The monoisotopic (exact) mass is 531 g/mol. The first kappa shape index (κ1) is 27.3. The van der Waals surface area contributed by atoms with Crippen LogP contribution < -0.4 is 5.56 Å². The van der Waals surface area contributed by atoms with E-state index in [0.29, 0.717) is 33.5 Å².